The minimum absolute atomic E-state index is 0.00209. The second-order valence-electron chi connectivity index (χ2n) is 25.2. The Hall–Kier alpha value is -6.46. The number of nitrogens with zero attached hydrogens (tertiary/aromatic N) is 3. The van der Waals surface area contributed by atoms with Crippen molar-refractivity contribution in [3.63, 3.8) is 0 Å². The normalized spacial score (nSPS) is 14.0. The number of hydrogen-bond acceptors (Lipinski definition) is 3. The molecule has 0 radical (unpaired) electrons. The maximum absolute atomic E-state index is 7.64. The van der Waals surface area contributed by atoms with E-state index in [2.05, 4.69) is 258 Å². The minimum atomic E-state index is -0.199. The third kappa shape index (κ3) is 7.08. The molecule has 2 aliphatic heterocycles. The largest absolute Gasteiger partial charge is 0.440 e. The summed E-state index contributed by atoms with van der Waals surface area (Å²) in [7, 11) is 0. The zero-order valence-corrected chi connectivity index (χ0v) is 43.6. The number of benzene rings is 7. The van der Waals surface area contributed by atoms with Crippen molar-refractivity contribution in [2.75, 3.05) is 9.71 Å². The Balaban J connectivity index is 1.34. The van der Waals surface area contributed by atoms with Gasteiger partial charge in [-0.15, -0.1) is 0 Å². The molecule has 2 aromatic heterocycles. The van der Waals surface area contributed by atoms with E-state index in [1.54, 1.807) is 0 Å². The second kappa shape index (κ2) is 15.0. The van der Waals surface area contributed by atoms with Gasteiger partial charge in [0.05, 0.1) is 22.3 Å². The number of rotatable bonds is 4. The monoisotopic (exact) mass is 906 g/mol. The number of aromatic nitrogens is 1. The third-order valence-corrected chi connectivity index (χ3v) is 15.1. The summed E-state index contributed by atoms with van der Waals surface area (Å²) in [6.07, 6.45) is 0. The lowest BCUT2D eigenvalue weighted by Gasteiger charge is -2.41. The summed E-state index contributed by atoms with van der Waals surface area (Å²) in [5.74, 6) is 0.909. The molecule has 4 nitrogen and oxygen atoms in total. The van der Waals surface area contributed by atoms with Gasteiger partial charge in [0.15, 0.2) is 5.88 Å². The molecule has 9 aromatic rings. The SMILES string of the molecule is CC(C)(C)c1ccc(N2B3c4c(cc(C(C)(C)C)cc4-n4c5ccc(C(C)(C)C)cc5c5c(N(c6ccccc6)c6ccccc6)ccc3c54)-c3c2oc2c(C(C)(C)C)cc(C(C)(C)C)cc32)cc1. The lowest BCUT2D eigenvalue weighted by Crippen LogP contribution is -2.60. The second-order valence-corrected chi connectivity index (χ2v) is 25.2. The molecule has 0 atom stereocenters. The Bertz CT molecular complexity index is 3460. The molecular weight excluding hydrogens is 838 g/mol. The van der Waals surface area contributed by atoms with Crippen LogP contribution < -0.4 is 20.6 Å². The fourth-order valence-corrected chi connectivity index (χ4v) is 11.1. The lowest BCUT2D eigenvalue weighted by atomic mass is 9.44. The summed E-state index contributed by atoms with van der Waals surface area (Å²) < 4.78 is 10.3. The number of fused-ring (bicyclic) bond motifs is 9. The molecule has 4 heterocycles. The molecule has 348 valence electrons. The highest BCUT2D eigenvalue weighted by Crippen LogP contribution is 2.53. The van der Waals surface area contributed by atoms with Crippen molar-refractivity contribution in [2.45, 2.75) is 131 Å². The van der Waals surface area contributed by atoms with E-state index in [0.29, 0.717) is 0 Å². The van der Waals surface area contributed by atoms with E-state index >= 15 is 0 Å². The van der Waals surface area contributed by atoms with Crippen LogP contribution in [-0.2, 0) is 27.1 Å². The van der Waals surface area contributed by atoms with Gasteiger partial charge in [0.25, 0.3) is 0 Å². The van der Waals surface area contributed by atoms with Crippen LogP contribution in [0.5, 0.6) is 0 Å². The van der Waals surface area contributed by atoms with E-state index in [9.17, 15) is 0 Å². The molecule has 7 aromatic carbocycles. The van der Waals surface area contributed by atoms with E-state index in [-0.39, 0.29) is 33.9 Å². The first-order valence-corrected chi connectivity index (χ1v) is 25.1. The predicted molar refractivity (Wildman–Crippen MR) is 298 cm³/mol. The Morgan fingerprint density at radius 3 is 1.61 bits per heavy atom. The molecule has 0 saturated heterocycles. The third-order valence-electron chi connectivity index (χ3n) is 15.1. The minimum Gasteiger partial charge on any atom is -0.440 e. The van der Waals surface area contributed by atoms with Crippen molar-refractivity contribution < 1.29 is 4.42 Å². The predicted octanol–water partition coefficient (Wildman–Crippen LogP) is 16.7. The van der Waals surface area contributed by atoms with Crippen LogP contribution in [0.4, 0.5) is 28.6 Å². The van der Waals surface area contributed by atoms with Gasteiger partial charge in [-0.05, 0) is 133 Å². The van der Waals surface area contributed by atoms with Crippen LogP contribution in [0.15, 0.2) is 144 Å². The summed E-state index contributed by atoms with van der Waals surface area (Å²) in [6, 6.07) is 53.1. The van der Waals surface area contributed by atoms with Gasteiger partial charge < -0.3 is 18.7 Å². The molecule has 0 N–H and O–H groups in total. The quantitative estimate of drug-likeness (QED) is 0.165. The highest BCUT2D eigenvalue weighted by molar-refractivity contribution is 6.93. The standard InChI is InChI=1S/C64H68BN3O/c1-60(2,3)39-26-29-45(30-27-39)68-59-54(48-36-41(62(7,8)9)37-49(58(48)69-59)64(13,14)15)47-35-42(63(10,11)12)38-53-56(47)65(68)50-31-33-52(66(43-22-18-16-19-23-43)44-24-20-17-21-25-44)55-46-34-40(61(4,5)6)28-32-51(46)67(53)57(50)55/h16-38H,1-15H3. The average Bonchev–Trinajstić information content (AvgIpc) is 3.84. The van der Waals surface area contributed by atoms with Crippen molar-refractivity contribution in [1.82, 2.24) is 4.57 Å². The fourth-order valence-electron chi connectivity index (χ4n) is 11.1. The zero-order valence-electron chi connectivity index (χ0n) is 43.6. The number of hydrogen-bond donors (Lipinski definition) is 0. The maximum atomic E-state index is 7.64. The van der Waals surface area contributed by atoms with Gasteiger partial charge in [0.1, 0.15) is 5.58 Å². The summed E-state index contributed by atoms with van der Waals surface area (Å²) in [6.45, 7) is 34.8. The van der Waals surface area contributed by atoms with Gasteiger partial charge in [0, 0.05) is 44.5 Å². The Labute approximate surface area is 411 Å². The highest BCUT2D eigenvalue weighted by atomic mass is 16.4. The van der Waals surface area contributed by atoms with Crippen LogP contribution in [0, 0.1) is 0 Å². The van der Waals surface area contributed by atoms with E-state index in [0.717, 1.165) is 34.2 Å². The molecule has 0 saturated carbocycles. The molecule has 0 spiro atoms. The molecule has 0 bridgehead atoms. The van der Waals surface area contributed by atoms with Crippen molar-refractivity contribution in [3.05, 3.63) is 167 Å². The summed E-state index contributed by atoms with van der Waals surface area (Å²) in [4.78, 5) is 5.02. The van der Waals surface area contributed by atoms with Gasteiger partial charge in [-0.3, -0.25) is 0 Å². The van der Waals surface area contributed by atoms with Crippen molar-refractivity contribution >= 4 is 79.2 Å². The van der Waals surface area contributed by atoms with Gasteiger partial charge in [-0.25, -0.2) is 0 Å². The smallest absolute Gasteiger partial charge is 0.336 e. The molecule has 5 heteroatoms. The summed E-state index contributed by atoms with van der Waals surface area (Å²) >= 11 is 0. The maximum Gasteiger partial charge on any atom is 0.336 e. The Morgan fingerprint density at radius 1 is 0.493 bits per heavy atom. The Morgan fingerprint density at radius 2 is 1.04 bits per heavy atom. The topological polar surface area (TPSA) is 24.6 Å². The van der Waals surface area contributed by atoms with E-state index in [1.807, 2.05) is 0 Å². The van der Waals surface area contributed by atoms with Crippen LogP contribution in [0.1, 0.15) is 132 Å². The van der Waals surface area contributed by atoms with E-state index in [1.165, 1.54) is 82.7 Å². The van der Waals surface area contributed by atoms with Crippen LogP contribution in [0.25, 0.3) is 49.6 Å². The first-order valence-electron chi connectivity index (χ1n) is 25.1. The number of anilines is 5. The Kier molecular flexibility index (Phi) is 9.80. The van der Waals surface area contributed by atoms with Crippen LogP contribution in [-0.4, -0.2) is 11.4 Å². The molecular formula is C64H68BN3O. The van der Waals surface area contributed by atoms with Gasteiger partial charge in [-0.2, -0.15) is 0 Å². The van der Waals surface area contributed by atoms with Crippen LogP contribution >= 0.6 is 0 Å². The molecule has 0 unspecified atom stereocenters. The lowest BCUT2D eigenvalue weighted by molar-refractivity contribution is 0.552. The average molecular weight is 906 g/mol. The van der Waals surface area contributed by atoms with E-state index in [4.69, 9.17) is 4.42 Å². The molecule has 0 amide bonds. The summed E-state index contributed by atoms with van der Waals surface area (Å²) in [5.41, 5.74) is 20.3. The van der Waals surface area contributed by atoms with Crippen LogP contribution in [0.3, 0.4) is 0 Å². The zero-order chi connectivity index (χ0) is 48.9. The molecule has 2 aliphatic rings. The fraction of sp³-hybridized carbons (Fsp3) is 0.312. The number of furan rings is 1. The molecule has 0 aliphatic carbocycles. The van der Waals surface area contributed by atoms with Gasteiger partial charge in [0.2, 0.25) is 0 Å². The first kappa shape index (κ1) is 45.0. The van der Waals surface area contributed by atoms with Crippen molar-refractivity contribution in [3.8, 4) is 16.8 Å². The molecule has 11 rings (SSSR count). The molecule has 69 heavy (non-hydrogen) atoms. The van der Waals surface area contributed by atoms with Gasteiger partial charge in [-0.1, -0.05) is 177 Å². The van der Waals surface area contributed by atoms with Gasteiger partial charge >= 0.3 is 6.85 Å². The first-order chi connectivity index (χ1) is 32.4. The van der Waals surface area contributed by atoms with E-state index < -0.39 is 0 Å². The van der Waals surface area contributed by atoms with Crippen molar-refractivity contribution in [2.24, 2.45) is 0 Å². The number of para-hydroxylation sites is 2. The van der Waals surface area contributed by atoms with Crippen LogP contribution in [0.2, 0.25) is 0 Å². The summed E-state index contributed by atoms with van der Waals surface area (Å²) in [5, 5.41) is 3.69. The van der Waals surface area contributed by atoms with Crippen molar-refractivity contribution in [1.29, 1.82) is 0 Å². The molecule has 0 fully saturated rings. The highest BCUT2D eigenvalue weighted by Gasteiger charge is 2.48.